The summed E-state index contributed by atoms with van der Waals surface area (Å²) in [4.78, 5) is 8.68. The zero-order valence-corrected chi connectivity index (χ0v) is 15.9. The molecule has 2 aromatic heterocycles. The molecule has 0 unspecified atom stereocenters. The molecule has 0 radical (unpaired) electrons. The molecule has 1 aliphatic rings. The zero-order valence-electron chi connectivity index (χ0n) is 15.9. The van der Waals surface area contributed by atoms with E-state index in [1.165, 1.54) is 6.07 Å². The molecule has 1 aliphatic heterocycles. The third-order valence-corrected chi connectivity index (χ3v) is 5.02. The van der Waals surface area contributed by atoms with E-state index < -0.39 is 11.6 Å². The molecule has 9 heteroatoms. The lowest BCUT2D eigenvalue weighted by atomic mass is 10.1. The van der Waals surface area contributed by atoms with Crippen molar-refractivity contribution in [2.75, 3.05) is 7.11 Å². The van der Waals surface area contributed by atoms with Gasteiger partial charge in [0.25, 0.3) is 5.89 Å². The Morgan fingerprint density at radius 3 is 2.70 bits per heavy atom. The maximum atomic E-state index is 13.5. The first kappa shape index (κ1) is 18.4. The summed E-state index contributed by atoms with van der Waals surface area (Å²) in [7, 11) is 1.63. The largest absolute Gasteiger partial charge is 0.497 e. The van der Waals surface area contributed by atoms with Crippen LogP contribution in [-0.2, 0) is 17.9 Å². The van der Waals surface area contributed by atoms with Crippen molar-refractivity contribution in [1.29, 1.82) is 0 Å². The van der Waals surface area contributed by atoms with Gasteiger partial charge in [-0.2, -0.15) is 4.98 Å². The van der Waals surface area contributed by atoms with Crippen LogP contribution in [0.2, 0.25) is 0 Å². The van der Waals surface area contributed by atoms with Crippen LogP contribution in [0.25, 0.3) is 23.0 Å². The molecule has 4 aromatic rings. The zero-order chi connectivity index (χ0) is 20.7. The molecule has 30 heavy (non-hydrogen) atoms. The van der Waals surface area contributed by atoms with Crippen molar-refractivity contribution in [3.8, 4) is 28.7 Å². The van der Waals surface area contributed by atoms with E-state index in [2.05, 4.69) is 15.1 Å². The van der Waals surface area contributed by atoms with Gasteiger partial charge in [0.05, 0.1) is 32.3 Å². The Morgan fingerprint density at radius 2 is 1.93 bits per heavy atom. The molecule has 7 nitrogen and oxygen atoms in total. The van der Waals surface area contributed by atoms with E-state index >= 15 is 0 Å². The lowest BCUT2D eigenvalue weighted by molar-refractivity contribution is 0.00328. The molecule has 0 aliphatic carbocycles. The summed E-state index contributed by atoms with van der Waals surface area (Å²) in [5.41, 5.74) is 2.66. The Kier molecular flexibility index (Phi) is 4.51. The van der Waals surface area contributed by atoms with Gasteiger partial charge in [-0.3, -0.25) is 0 Å². The molecule has 0 saturated heterocycles. The number of hydrogen-bond acceptors (Lipinski definition) is 6. The quantitative estimate of drug-likeness (QED) is 0.503. The Morgan fingerprint density at radius 1 is 1.10 bits per heavy atom. The minimum atomic E-state index is -0.976. The van der Waals surface area contributed by atoms with E-state index in [-0.39, 0.29) is 17.8 Å². The molecular formula is C21H16F2N4O3. The summed E-state index contributed by atoms with van der Waals surface area (Å²) in [6.07, 6.45) is 1.58. The van der Waals surface area contributed by atoms with E-state index in [4.69, 9.17) is 14.0 Å². The van der Waals surface area contributed by atoms with Gasteiger partial charge in [0.15, 0.2) is 17.3 Å². The van der Waals surface area contributed by atoms with Crippen molar-refractivity contribution in [2.24, 2.45) is 0 Å². The van der Waals surface area contributed by atoms with Gasteiger partial charge >= 0.3 is 0 Å². The second kappa shape index (κ2) is 7.34. The predicted molar refractivity (Wildman–Crippen MR) is 101 cm³/mol. The number of rotatable bonds is 4. The van der Waals surface area contributed by atoms with Crippen molar-refractivity contribution in [2.45, 2.75) is 19.3 Å². The number of imidazole rings is 1. The highest BCUT2D eigenvalue weighted by Crippen LogP contribution is 2.32. The molecule has 0 spiro atoms. The van der Waals surface area contributed by atoms with E-state index in [1.807, 2.05) is 28.8 Å². The molecule has 0 saturated carbocycles. The lowest BCUT2D eigenvalue weighted by Gasteiger charge is -2.25. The highest BCUT2D eigenvalue weighted by atomic mass is 19.2. The van der Waals surface area contributed by atoms with Gasteiger partial charge in [-0.25, -0.2) is 13.8 Å². The fourth-order valence-electron chi connectivity index (χ4n) is 3.40. The molecule has 3 heterocycles. The van der Waals surface area contributed by atoms with Gasteiger partial charge in [0, 0.05) is 5.56 Å². The van der Waals surface area contributed by atoms with Crippen LogP contribution < -0.4 is 4.74 Å². The highest BCUT2D eigenvalue weighted by Gasteiger charge is 2.26. The van der Waals surface area contributed by atoms with Gasteiger partial charge in [-0.05, 0) is 35.9 Å². The van der Waals surface area contributed by atoms with Crippen molar-refractivity contribution in [3.63, 3.8) is 0 Å². The molecule has 5 rings (SSSR count). The van der Waals surface area contributed by atoms with Crippen LogP contribution in [0.5, 0.6) is 5.75 Å². The number of nitrogens with zero attached hydrogens (tertiary/aromatic N) is 4. The third kappa shape index (κ3) is 3.22. The van der Waals surface area contributed by atoms with E-state index in [9.17, 15) is 8.78 Å². The van der Waals surface area contributed by atoms with Crippen molar-refractivity contribution >= 4 is 0 Å². The second-order valence-corrected chi connectivity index (χ2v) is 6.82. The molecule has 0 N–H and O–H groups in total. The summed E-state index contributed by atoms with van der Waals surface area (Å²) in [6.45, 7) is 0.897. The van der Waals surface area contributed by atoms with Gasteiger partial charge < -0.3 is 18.6 Å². The number of benzene rings is 2. The molecule has 0 bridgehead atoms. The first-order valence-electron chi connectivity index (χ1n) is 9.21. The fourth-order valence-corrected chi connectivity index (χ4v) is 3.40. The Labute approximate surface area is 169 Å². The Balaban J connectivity index is 1.39. The number of hydrogen-bond donors (Lipinski definition) is 0. The summed E-state index contributed by atoms with van der Waals surface area (Å²) >= 11 is 0. The van der Waals surface area contributed by atoms with Crippen molar-refractivity contribution in [1.82, 2.24) is 19.7 Å². The summed E-state index contributed by atoms with van der Waals surface area (Å²) in [6, 6.07) is 11.2. The summed E-state index contributed by atoms with van der Waals surface area (Å²) in [5, 5.41) is 3.86. The number of fused-ring (bicyclic) bond motifs is 1. The molecule has 1 atom stereocenters. The van der Waals surface area contributed by atoms with Gasteiger partial charge in [-0.15, -0.1) is 0 Å². The standard InChI is InChI=1S/C21H16F2N4O3/c1-28-14-5-2-12(3-6-14)18-9-27-11-24-19(17(27)10-29-18)21-25-20(26-30-21)13-4-7-15(22)16(23)8-13/h2-8,11,18H,9-10H2,1H3/t18-/m0/s1. The van der Waals surface area contributed by atoms with E-state index in [0.29, 0.717) is 24.4 Å². The minimum Gasteiger partial charge on any atom is -0.497 e. The topological polar surface area (TPSA) is 75.2 Å². The average molecular weight is 410 g/mol. The van der Waals surface area contributed by atoms with Crippen LogP contribution in [0.15, 0.2) is 53.3 Å². The van der Waals surface area contributed by atoms with Crippen LogP contribution in [0, 0.1) is 11.6 Å². The van der Waals surface area contributed by atoms with Crippen molar-refractivity contribution in [3.05, 3.63) is 71.7 Å². The number of methoxy groups -OCH3 is 1. The van der Waals surface area contributed by atoms with Gasteiger partial charge in [-0.1, -0.05) is 17.3 Å². The second-order valence-electron chi connectivity index (χ2n) is 6.82. The lowest BCUT2D eigenvalue weighted by Crippen LogP contribution is -2.20. The number of halogens is 2. The molecule has 152 valence electrons. The maximum absolute atomic E-state index is 13.5. The molecular weight excluding hydrogens is 394 g/mol. The first-order chi connectivity index (χ1) is 14.6. The Hall–Kier alpha value is -3.59. The van der Waals surface area contributed by atoms with Gasteiger partial charge in [0.2, 0.25) is 5.82 Å². The predicted octanol–water partition coefficient (Wildman–Crippen LogP) is 4.16. The monoisotopic (exact) mass is 410 g/mol. The fraction of sp³-hybridized carbons (Fsp3) is 0.190. The Bertz CT molecular complexity index is 1200. The van der Waals surface area contributed by atoms with Gasteiger partial charge in [0.1, 0.15) is 11.9 Å². The minimum absolute atomic E-state index is 0.120. The smallest absolute Gasteiger partial charge is 0.278 e. The van der Waals surface area contributed by atoms with Crippen LogP contribution in [0.3, 0.4) is 0 Å². The molecule has 2 aromatic carbocycles. The average Bonchev–Trinajstić information content (AvgIpc) is 3.42. The van der Waals surface area contributed by atoms with Crippen LogP contribution >= 0.6 is 0 Å². The third-order valence-electron chi connectivity index (χ3n) is 5.02. The molecule has 0 amide bonds. The van der Waals surface area contributed by atoms with Crippen LogP contribution in [0.1, 0.15) is 17.4 Å². The number of ether oxygens (including phenoxy) is 2. The highest BCUT2D eigenvalue weighted by molar-refractivity contribution is 5.59. The SMILES string of the molecule is COc1ccc([C@@H]2Cn3cnc(-c4nc(-c5ccc(F)c(F)c5)no4)c3CO2)cc1. The molecule has 0 fully saturated rings. The van der Waals surface area contributed by atoms with E-state index in [1.54, 1.807) is 13.4 Å². The maximum Gasteiger partial charge on any atom is 0.278 e. The first-order valence-corrected chi connectivity index (χ1v) is 9.21. The van der Waals surface area contributed by atoms with Crippen molar-refractivity contribution < 1.29 is 22.8 Å². The summed E-state index contributed by atoms with van der Waals surface area (Å²) < 4.78 is 45.2. The summed E-state index contributed by atoms with van der Waals surface area (Å²) in [5.74, 6) is -0.785. The van der Waals surface area contributed by atoms with Crippen LogP contribution in [-0.4, -0.2) is 26.8 Å². The van der Waals surface area contributed by atoms with Crippen LogP contribution in [0.4, 0.5) is 8.78 Å². The number of aromatic nitrogens is 4. The normalized spacial score (nSPS) is 15.8. The van der Waals surface area contributed by atoms with E-state index in [0.717, 1.165) is 29.1 Å².